The SMILES string of the molecule is NCC(CC(=O)Nc1ccc2cc[nH]c2n1)c1ccc(Br)s1. The van der Waals surface area contributed by atoms with Crippen LogP contribution in [0, 0.1) is 0 Å². The van der Waals surface area contributed by atoms with Gasteiger partial charge in [-0.15, -0.1) is 11.3 Å². The highest BCUT2D eigenvalue weighted by Crippen LogP contribution is 2.30. The van der Waals surface area contributed by atoms with Gasteiger partial charge < -0.3 is 16.0 Å². The number of carbonyl (C=O) groups excluding carboxylic acids is 1. The van der Waals surface area contributed by atoms with Gasteiger partial charge in [0.25, 0.3) is 0 Å². The maximum atomic E-state index is 12.2. The zero-order valence-corrected chi connectivity index (χ0v) is 14.1. The van der Waals surface area contributed by atoms with Gasteiger partial charge in [0.05, 0.1) is 3.79 Å². The number of pyridine rings is 1. The first-order valence-electron chi connectivity index (χ1n) is 6.85. The summed E-state index contributed by atoms with van der Waals surface area (Å²) in [4.78, 5) is 20.7. The zero-order chi connectivity index (χ0) is 15.5. The number of anilines is 1. The van der Waals surface area contributed by atoms with Crippen LogP contribution < -0.4 is 11.1 Å². The maximum Gasteiger partial charge on any atom is 0.226 e. The van der Waals surface area contributed by atoms with E-state index in [0.29, 0.717) is 18.8 Å². The molecule has 114 valence electrons. The molecular weight excluding hydrogens is 364 g/mol. The number of nitrogens with one attached hydrogen (secondary N) is 2. The van der Waals surface area contributed by atoms with Crippen molar-refractivity contribution < 1.29 is 4.79 Å². The van der Waals surface area contributed by atoms with Crippen LogP contribution in [0.1, 0.15) is 17.2 Å². The van der Waals surface area contributed by atoms with Crippen molar-refractivity contribution in [1.29, 1.82) is 0 Å². The second-order valence-electron chi connectivity index (χ2n) is 4.94. The summed E-state index contributed by atoms with van der Waals surface area (Å²) in [7, 11) is 0. The molecule has 0 aromatic carbocycles. The maximum absolute atomic E-state index is 12.2. The minimum atomic E-state index is -0.0848. The Morgan fingerprint density at radius 1 is 1.36 bits per heavy atom. The molecule has 0 spiro atoms. The molecule has 0 saturated heterocycles. The molecular formula is C15H15BrN4OS. The van der Waals surface area contributed by atoms with Gasteiger partial charge in [-0.1, -0.05) is 0 Å². The van der Waals surface area contributed by atoms with Crippen LogP contribution in [0.4, 0.5) is 5.82 Å². The van der Waals surface area contributed by atoms with Gasteiger partial charge >= 0.3 is 0 Å². The molecule has 0 bridgehead atoms. The molecule has 0 radical (unpaired) electrons. The topological polar surface area (TPSA) is 83.8 Å². The Labute approximate surface area is 140 Å². The molecule has 0 aliphatic carbocycles. The van der Waals surface area contributed by atoms with Crippen molar-refractivity contribution in [1.82, 2.24) is 9.97 Å². The smallest absolute Gasteiger partial charge is 0.226 e. The highest BCUT2D eigenvalue weighted by molar-refractivity contribution is 9.11. The highest BCUT2D eigenvalue weighted by Gasteiger charge is 2.17. The number of aromatic nitrogens is 2. The average Bonchev–Trinajstić information content (AvgIpc) is 3.13. The summed E-state index contributed by atoms with van der Waals surface area (Å²) in [5.41, 5.74) is 6.57. The van der Waals surface area contributed by atoms with Crippen molar-refractivity contribution in [3.8, 4) is 0 Å². The second-order valence-corrected chi connectivity index (χ2v) is 7.43. The number of carbonyl (C=O) groups is 1. The predicted molar refractivity (Wildman–Crippen MR) is 93.2 cm³/mol. The van der Waals surface area contributed by atoms with Gasteiger partial charge in [-0.05, 0) is 46.3 Å². The van der Waals surface area contributed by atoms with Crippen LogP contribution in [0.5, 0.6) is 0 Å². The third-order valence-electron chi connectivity index (χ3n) is 3.39. The molecule has 5 nitrogen and oxygen atoms in total. The minimum Gasteiger partial charge on any atom is -0.346 e. The fourth-order valence-corrected chi connectivity index (χ4v) is 3.80. The first-order chi connectivity index (χ1) is 10.7. The van der Waals surface area contributed by atoms with Gasteiger partial charge in [-0.25, -0.2) is 4.98 Å². The summed E-state index contributed by atoms with van der Waals surface area (Å²) in [6.07, 6.45) is 2.16. The molecule has 1 amide bonds. The van der Waals surface area contributed by atoms with E-state index in [9.17, 15) is 4.79 Å². The number of halogens is 1. The summed E-state index contributed by atoms with van der Waals surface area (Å²) >= 11 is 5.04. The number of H-pyrrole nitrogens is 1. The van der Waals surface area contributed by atoms with Gasteiger partial charge in [0.15, 0.2) is 0 Å². The fraction of sp³-hybridized carbons (Fsp3) is 0.200. The molecule has 1 unspecified atom stereocenters. The molecule has 4 N–H and O–H groups in total. The Kier molecular flexibility index (Phi) is 4.56. The van der Waals surface area contributed by atoms with E-state index >= 15 is 0 Å². The van der Waals surface area contributed by atoms with Crippen molar-refractivity contribution in [2.75, 3.05) is 11.9 Å². The van der Waals surface area contributed by atoms with E-state index in [4.69, 9.17) is 5.73 Å². The number of thiophene rings is 1. The van der Waals surface area contributed by atoms with Gasteiger partial charge in [0.2, 0.25) is 5.91 Å². The van der Waals surface area contributed by atoms with Crippen LogP contribution in [0.25, 0.3) is 11.0 Å². The summed E-state index contributed by atoms with van der Waals surface area (Å²) in [6, 6.07) is 9.63. The van der Waals surface area contributed by atoms with Gasteiger partial charge in [0.1, 0.15) is 11.5 Å². The highest BCUT2D eigenvalue weighted by atomic mass is 79.9. The third kappa shape index (κ3) is 3.37. The Morgan fingerprint density at radius 3 is 2.95 bits per heavy atom. The quantitative estimate of drug-likeness (QED) is 0.635. The van der Waals surface area contributed by atoms with Crippen molar-refractivity contribution in [3.63, 3.8) is 0 Å². The molecule has 3 aromatic rings. The molecule has 0 aliphatic rings. The summed E-state index contributed by atoms with van der Waals surface area (Å²) < 4.78 is 1.04. The number of amides is 1. The lowest BCUT2D eigenvalue weighted by atomic mass is 10.0. The van der Waals surface area contributed by atoms with Crippen LogP contribution in [0.15, 0.2) is 40.3 Å². The Bertz CT molecular complexity index is 798. The molecule has 0 saturated carbocycles. The Morgan fingerprint density at radius 2 is 2.23 bits per heavy atom. The summed E-state index contributed by atoms with van der Waals surface area (Å²) in [6.45, 7) is 0.434. The molecule has 7 heteroatoms. The molecule has 22 heavy (non-hydrogen) atoms. The molecule has 0 aliphatic heterocycles. The largest absolute Gasteiger partial charge is 0.346 e. The number of fused-ring (bicyclic) bond motifs is 1. The second kappa shape index (κ2) is 6.60. The van der Waals surface area contributed by atoms with Crippen LogP contribution in [-0.2, 0) is 4.79 Å². The minimum absolute atomic E-state index is 0.0190. The Balaban J connectivity index is 1.68. The van der Waals surface area contributed by atoms with Gasteiger partial charge in [0, 0.05) is 35.3 Å². The number of hydrogen-bond donors (Lipinski definition) is 3. The number of rotatable bonds is 5. The van der Waals surface area contributed by atoms with Gasteiger partial charge in [-0.3, -0.25) is 4.79 Å². The average molecular weight is 379 g/mol. The number of nitrogens with zero attached hydrogens (tertiary/aromatic N) is 1. The van der Waals surface area contributed by atoms with E-state index in [0.717, 1.165) is 19.7 Å². The van der Waals surface area contributed by atoms with Crippen molar-refractivity contribution in [2.45, 2.75) is 12.3 Å². The van der Waals surface area contributed by atoms with E-state index in [1.54, 1.807) is 17.4 Å². The van der Waals surface area contributed by atoms with E-state index in [1.165, 1.54) is 0 Å². The third-order valence-corrected chi connectivity index (χ3v) is 5.18. The van der Waals surface area contributed by atoms with Gasteiger partial charge in [-0.2, -0.15) is 0 Å². The number of aromatic amines is 1. The normalized spacial score (nSPS) is 12.5. The summed E-state index contributed by atoms with van der Waals surface area (Å²) in [5, 5.41) is 3.85. The number of hydrogen-bond acceptors (Lipinski definition) is 4. The lowest BCUT2D eigenvalue weighted by molar-refractivity contribution is -0.116. The molecule has 0 fully saturated rings. The monoisotopic (exact) mass is 378 g/mol. The fourth-order valence-electron chi connectivity index (χ4n) is 2.27. The van der Waals surface area contributed by atoms with E-state index < -0.39 is 0 Å². The number of nitrogens with two attached hydrogens (primary N) is 1. The Hall–Kier alpha value is -1.70. The molecule has 1 atom stereocenters. The standard InChI is InChI=1S/C15H15BrN4OS/c16-12-3-2-11(22-12)10(8-17)7-14(21)19-13-4-1-9-5-6-18-15(9)20-13/h1-6,10H,7-8,17H2,(H2,18,19,20,21). The van der Waals surface area contributed by atoms with Crippen LogP contribution >= 0.6 is 27.3 Å². The van der Waals surface area contributed by atoms with Crippen molar-refractivity contribution in [3.05, 3.63) is 45.2 Å². The zero-order valence-electron chi connectivity index (χ0n) is 11.7. The van der Waals surface area contributed by atoms with Crippen molar-refractivity contribution >= 4 is 50.0 Å². The summed E-state index contributed by atoms with van der Waals surface area (Å²) in [5.74, 6) is 0.479. The molecule has 3 heterocycles. The lowest BCUT2D eigenvalue weighted by Crippen LogP contribution is -2.20. The van der Waals surface area contributed by atoms with Crippen molar-refractivity contribution in [2.24, 2.45) is 5.73 Å². The predicted octanol–water partition coefficient (Wildman–Crippen LogP) is 3.46. The molecule has 3 rings (SSSR count). The first kappa shape index (κ1) is 15.2. The van der Waals surface area contributed by atoms with Crippen LogP contribution in [0.2, 0.25) is 0 Å². The van der Waals surface area contributed by atoms with E-state index in [-0.39, 0.29) is 11.8 Å². The van der Waals surface area contributed by atoms with E-state index in [2.05, 4.69) is 31.2 Å². The molecule has 3 aromatic heterocycles. The van der Waals surface area contributed by atoms with E-state index in [1.807, 2.05) is 30.5 Å². The first-order valence-corrected chi connectivity index (χ1v) is 8.46. The van der Waals surface area contributed by atoms with Crippen LogP contribution in [0.3, 0.4) is 0 Å². The lowest BCUT2D eigenvalue weighted by Gasteiger charge is -2.12. The van der Waals surface area contributed by atoms with Crippen LogP contribution in [-0.4, -0.2) is 22.4 Å².